The Morgan fingerprint density at radius 2 is 1.67 bits per heavy atom. The van der Waals surface area contributed by atoms with E-state index in [0.29, 0.717) is 6.61 Å². The summed E-state index contributed by atoms with van der Waals surface area (Å²) < 4.78 is 14.1. The standard InChI is InChI=1S/C33H36NO2/c1-6-33(7-2)21-26(22-36-24(4)20-23(3)35-5)34-19-18-28-27-13-9-8-12-25(27)16-17-29(28)32(34)30-14-10-11-15-31(30)33/h8-21,24H,6-7,22H2,1-5H3/q+1. The predicted octanol–water partition coefficient (Wildman–Crippen LogP) is 7.82. The Morgan fingerprint density at radius 1 is 0.917 bits per heavy atom. The van der Waals surface area contributed by atoms with Crippen LogP contribution in [0.15, 0.2) is 90.8 Å². The van der Waals surface area contributed by atoms with Crippen molar-refractivity contribution < 1.29 is 14.0 Å². The minimum absolute atomic E-state index is 0.0532. The smallest absolute Gasteiger partial charge is 0.226 e. The zero-order valence-corrected chi connectivity index (χ0v) is 22.0. The molecule has 1 aliphatic heterocycles. The van der Waals surface area contributed by atoms with Crippen molar-refractivity contribution in [3.05, 3.63) is 96.4 Å². The van der Waals surface area contributed by atoms with Crippen LogP contribution in [0.2, 0.25) is 0 Å². The maximum absolute atomic E-state index is 6.38. The van der Waals surface area contributed by atoms with Crippen LogP contribution in [0.1, 0.15) is 46.1 Å². The molecule has 1 atom stereocenters. The van der Waals surface area contributed by atoms with Crippen LogP contribution in [-0.2, 0) is 14.9 Å². The van der Waals surface area contributed by atoms with Crippen LogP contribution in [0.25, 0.3) is 38.5 Å². The molecular weight excluding hydrogens is 442 g/mol. The van der Waals surface area contributed by atoms with Gasteiger partial charge in [0, 0.05) is 16.9 Å². The molecule has 1 unspecified atom stereocenters. The van der Waals surface area contributed by atoms with Crippen molar-refractivity contribution in [1.29, 1.82) is 0 Å². The molecule has 4 aromatic rings. The number of ether oxygens (including phenoxy) is 2. The summed E-state index contributed by atoms with van der Waals surface area (Å²) >= 11 is 0. The maximum Gasteiger partial charge on any atom is 0.226 e. The molecule has 3 aromatic carbocycles. The quantitative estimate of drug-likeness (QED) is 0.153. The fourth-order valence-corrected chi connectivity index (χ4v) is 5.75. The molecule has 0 fully saturated rings. The van der Waals surface area contributed by atoms with E-state index >= 15 is 0 Å². The molecule has 1 aromatic heterocycles. The molecule has 2 heterocycles. The van der Waals surface area contributed by atoms with Gasteiger partial charge in [-0.05, 0) is 67.3 Å². The third-order valence-electron chi connectivity index (χ3n) is 7.88. The molecule has 3 nitrogen and oxygen atoms in total. The van der Waals surface area contributed by atoms with E-state index in [-0.39, 0.29) is 11.5 Å². The number of rotatable bonds is 7. The van der Waals surface area contributed by atoms with Crippen LogP contribution >= 0.6 is 0 Å². The van der Waals surface area contributed by atoms with E-state index in [1.807, 2.05) is 13.0 Å². The van der Waals surface area contributed by atoms with Gasteiger partial charge in [-0.2, -0.15) is 4.57 Å². The summed E-state index contributed by atoms with van der Waals surface area (Å²) in [6.07, 6.45) is 8.72. The highest BCUT2D eigenvalue weighted by molar-refractivity contribution is 6.10. The Morgan fingerprint density at radius 3 is 2.44 bits per heavy atom. The lowest BCUT2D eigenvalue weighted by molar-refractivity contribution is -0.571. The first-order valence-electron chi connectivity index (χ1n) is 13.0. The van der Waals surface area contributed by atoms with E-state index in [1.54, 1.807) is 7.11 Å². The van der Waals surface area contributed by atoms with Gasteiger partial charge in [0.1, 0.15) is 6.61 Å². The highest BCUT2D eigenvalue weighted by Crippen LogP contribution is 2.44. The van der Waals surface area contributed by atoms with Crippen molar-refractivity contribution in [2.75, 3.05) is 13.7 Å². The van der Waals surface area contributed by atoms with Gasteiger partial charge in [0.15, 0.2) is 6.20 Å². The zero-order valence-electron chi connectivity index (χ0n) is 22.0. The van der Waals surface area contributed by atoms with Crippen molar-refractivity contribution in [3.63, 3.8) is 0 Å². The fraction of sp³-hybridized carbons (Fsp3) is 0.303. The average Bonchev–Trinajstić information content (AvgIpc) is 3.04. The number of hydrogen-bond donors (Lipinski definition) is 0. The minimum atomic E-state index is -0.0635. The number of benzene rings is 3. The number of fused-ring (bicyclic) bond motifs is 7. The van der Waals surface area contributed by atoms with Crippen LogP contribution < -0.4 is 4.57 Å². The summed E-state index contributed by atoms with van der Waals surface area (Å²) in [5.74, 6) is 0.868. The largest absolute Gasteiger partial charge is 0.502 e. The first kappa shape index (κ1) is 24.3. The van der Waals surface area contributed by atoms with Crippen LogP contribution in [0.3, 0.4) is 0 Å². The lowest BCUT2D eigenvalue weighted by Gasteiger charge is -2.29. The second-order valence-corrected chi connectivity index (χ2v) is 9.82. The predicted molar refractivity (Wildman–Crippen MR) is 150 cm³/mol. The zero-order chi connectivity index (χ0) is 25.3. The summed E-state index contributed by atoms with van der Waals surface area (Å²) in [6.45, 7) is 9.14. The van der Waals surface area contributed by atoms with E-state index in [2.05, 4.69) is 104 Å². The first-order valence-corrected chi connectivity index (χ1v) is 13.0. The summed E-state index contributed by atoms with van der Waals surface area (Å²) in [6, 6.07) is 24.4. The summed E-state index contributed by atoms with van der Waals surface area (Å²) in [4.78, 5) is 0. The van der Waals surface area contributed by atoms with Gasteiger partial charge in [-0.25, -0.2) is 0 Å². The highest BCUT2D eigenvalue weighted by atomic mass is 16.5. The van der Waals surface area contributed by atoms with Gasteiger partial charge in [-0.1, -0.05) is 62.4 Å². The Hall–Kier alpha value is -3.43. The monoisotopic (exact) mass is 478 g/mol. The van der Waals surface area contributed by atoms with Crippen molar-refractivity contribution in [3.8, 4) is 11.3 Å². The third kappa shape index (κ3) is 4.12. The Labute approximate surface area is 214 Å². The number of pyridine rings is 1. The lowest BCUT2D eigenvalue weighted by Crippen LogP contribution is -2.37. The second-order valence-electron chi connectivity index (χ2n) is 9.82. The molecule has 0 bridgehead atoms. The van der Waals surface area contributed by atoms with E-state index < -0.39 is 0 Å². The molecule has 0 saturated heterocycles. The number of methoxy groups -OCH3 is 1. The number of nitrogens with zero attached hydrogens (tertiary/aromatic N) is 1. The SMILES string of the molecule is CCC1(CC)C=C(COC(C)C=C(C)OC)[n+]2ccc3c(ccc4ccccc43)c2-c2ccccc21. The molecule has 0 N–H and O–H groups in total. The minimum Gasteiger partial charge on any atom is -0.502 e. The van der Waals surface area contributed by atoms with Crippen LogP contribution in [-0.4, -0.2) is 19.8 Å². The van der Waals surface area contributed by atoms with Crippen LogP contribution in [0.5, 0.6) is 0 Å². The topological polar surface area (TPSA) is 22.3 Å². The Balaban J connectivity index is 1.77. The van der Waals surface area contributed by atoms with Crippen molar-refractivity contribution in [2.24, 2.45) is 0 Å². The highest BCUT2D eigenvalue weighted by Gasteiger charge is 2.38. The lowest BCUT2D eigenvalue weighted by atomic mass is 9.73. The molecule has 36 heavy (non-hydrogen) atoms. The molecule has 5 rings (SSSR count). The van der Waals surface area contributed by atoms with Gasteiger partial charge >= 0.3 is 0 Å². The van der Waals surface area contributed by atoms with Gasteiger partial charge < -0.3 is 9.47 Å². The van der Waals surface area contributed by atoms with E-state index in [9.17, 15) is 0 Å². The fourth-order valence-electron chi connectivity index (χ4n) is 5.75. The molecule has 184 valence electrons. The van der Waals surface area contributed by atoms with Crippen molar-refractivity contribution in [1.82, 2.24) is 0 Å². The van der Waals surface area contributed by atoms with Gasteiger partial charge in [0.25, 0.3) is 0 Å². The molecular formula is C33H36NO2+. The number of hydrogen-bond acceptors (Lipinski definition) is 2. The van der Waals surface area contributed by atoms with Gasteiger partial charge in [0.05, 0.1) is 29.9 Å². The van der Waals surface area contributed by atoms with Gasteiger partial charge in [-0.3, -0.25) is 0 Å². The van der Waals surface area contributed by atoms with E-state index in [4.69, 9.17) is 9.47 Å². The maximum atomic E-state index is 6.38. The average molecular weight is 479 g/mol. The van der Waals surface area contributed by atoms with Crippen LogP contribution in [0.4, 0.5) is 0 Å². The molecule has 0 aliphatic carbocycles. The summed E-state index contributed by atoms with van der Waals surface area (Å²) in [5.41, 5.74) is 5.05. The number of allylic oxidation sites excluding steroid dienone is 2. The van der Waals surface area contributed by atoms with Gasteiger partial charge in [0.2, 0.25) is 11.4 Å². The van der Waals surface area contributed by atoms with E-state index in [1.165, 1.54) is 44.1 Å². The molecule has 0 saturated carbocycles. The summed E-state index contributed by atoms with van der Waals surface area (Å²) in [7, 11) is 1.70. The first-order chi connectivity index (χ1) is 17.5. The second kappa shape index (κ2) is 9.91. The van der Waals surface area contributed by atoms with E-state index in [0.717, 1.165) is 18.6 Å². The molecule has 0 spiro atoms. The van der Waals surface area contributed by atoms with Crippen LogP contribution in [0, 0.1) is 0 Å². The third-order valence-corrected chi connectivity index (χ3v) is 7.88. The molecule has 0 radical (unpaired) electrons. The number of aromatic nitrogens is 1. The summed E-state index contributed by atoms with van der Waals surface area (Å²) in [5, 5.41) is 5.09. The molecule has 0 amide bonds. The molecule has 3 heteroatoms. The van der Waals surface area contributed by atoms with Crippen molar-refractivity contribution >= 4 is 27.2 Å². The normalized spacial score (nSPS) is 15.7. The van der Waals surface area contributed by atoms with Crippen molar-refractivity contribution in [2.45, 2.75) is 52.1 Å². The molecule has 1 aliphatic rings. The Bertz CT molecular complexity index is 1480. The van der Waals surface area contributed by atoms with Gasteiger partial charge in [-0.15, -0.1) is 0 Å². The Kier molecular flexibility index (Phi) is 6.68.